The molecule has 5 aliphatic carbocycles. The van der Waals surface area contributed by atoms with Gasteiger partial charge >= 0.3 is 11.9 Å². The van der Waals surface area contributed by atoms with Crippen LogP contribution in [0.1, 0.15) is 98.8 Å². The number of rotatable bonds is 6. The van der Waals surface area contributed by atoms with Crippen LogP contribution in [0.2, 0.25) is 0 Å². The number of aliphatic carboxylic acids is 1. The Balaban J connectivity index is 1.14. The van der Waals surface area contributed by atoms with E-state index in [-0.39, 0.29) is 34.0 Å². The van der Waals surface area contributed by atoms with Crippen LogP contribution in [0.25, 0.3) is 0 Å². The van der Waals surface area contributed by atoms with Crippen molar-refractivity contribution in [1.82, 2.24) is 0 Å². The first-order valence-corrected chi connectivity index (χ1v) is 20.1. The highest BCUT2D eigenvalue weighted by Gasteiger charge is 2.69. The number of ether oxygens (including phenoxy) is 4. The van der Waals surface area contributed by atoms with Crippen molar-refractivity contribution in [1.29, 1.82) is 0 Å². The summed E-state index contributed by atoms with van der Waals surface area (Å²) >= 11 is 0. The van der Waals surface area contributed by atoms with E-state index in [1.807, 2.05) is 0 Å². The molecule has 18 atom stereocenters. The Morgan fingerprint density at radius 1 is 0.818 bits per heavy atom. The van der Waals surface area contributed by atoms with Crippen LogP contribution < -0.4 is 0 Å². The molecule has 55 heavy (non-hydrogen) atoms. The maximum absolute atomic E-state index is 14.4. The van der Waals surface area contributed by atoms with Crippen LogP contribution in [0.15, 0.2) is 23.8 Å². The van der Waals surface area contributed by atoms with E-state index in [4.69, 9.17) is 18.9 Å². The predicted octanol–water partition coefficient (Wildman–Crippen LogP) is 1.94. The normalized spacial score (nSPS) is 52.1. The van der Waals surface area contributed by atoms with E-state index in [1.54, 1.807) is 0 Å². The maximum atomic E-state index is 14.4. The van der Waals surface area contributed by atoms with Crippen molar-refractivity contribution in [3.8, 4) is 0 Å². The van der Waals surface area contributed by atoms with Crippen molar-refractivity contribution in [2.45, 2.75) is 166 Å². The molecule has 7 rings (SSSR count). The minimum atomic E-state index is -1.79. The summed E-state index contributed by atoms with van der Waals surface area (Å²) in [4.78, 5) is 26.2. The Bertz CT molecular complexity index is 1560. The molecule has 0 spiro atoms. The van der Waals surface area contributed by atoms with Crippen molar-refractivity contribution in [3.05, 3.63) is 23.8 Å². The van der Waals surface area contributed by atoms with Crippen LogP contribution in [0, 0.1) is 44.8 Å². The van der Waals surface area contributed by atoms with Crippen molar-refractivity contribution in [2.75, 3.05) is 6.61 Å². The van der Waals surface area contributed by atoms with Gasteiger partial charge in [-0.1, -0.05) is 58.4 Å². The molecule has 2 saturated heterocycles. The van der Waals surface area contributed by atoms with E-state index >= 15 is 0 Å². The molecule has 4 saturated carbocycles. The van der Waals surface area contributed by atoms with Gasteiger partial charge in [0.25, 0.3) is 0 Å². The molecule has 0 radical (unpaired) electrons. The lowest BCUT2D eigenvalue weighted by atomic mass is 9.34. The van der Waals surface area contributed by atoms with Gasteiger partial charge < -0.3 is 59.8 Å². The number of hydrogen-bond donors (Lipinski definition) is 8. The lowest BCUT2D eigenvalue weighted by molar-refractivity contribution is -0.324. The first-order valence-electron chi connectivity index (χ1n) is 20.1. The van der Waals surface area contributed by atoms with Gasteiger partial charge in [0.1, 0.15) is 42.7 Å². The van der Waals surface area contributed by atoms with Gasteiger partial charge in [-0.05, 0) is 97.7 Å². The van der Waals surface area contributed by atoms with Gasteiger partial charge in [0.15, 0.2) is 12.4 Å². The Kier molecular flexibility index (Phi) is 10.6. The highest BCUT2D eigenvalue weighted by molar-refractivity contribution is 5.79. The number of esters is 1. The molecule has 0 aromatic heterocycles. The fourth-order valence-corrected chi connectivity index (χ4v) is 13.1. The number of carboxylic acids is 1. The van der Waals surface area contributed by atoms with E-state index < -0.39 is 96.9 Å². The Morgan fingerprint density at radius 2 is 1.49 bits per heavy atom. The summed E-state index contributed by atoms with van der Waals surface area (Å²) in [5.41, 5.74) is 0.508. The lowest BCUT2D eigenvalue weighted by Crippen LogP contribution is -2.66. The van der Waals surface area contributed by atoms with Crippen LogP contribution in [0.3, 0.4) is 0 Å². The molecule has 310 valence electrons. The number of fused-ring (bicyclic) bond motifs is 7. The van der Waals surface area contributed by atoms with Gasteiger partial charge in [0, 0.05) is 5.92 Å². The maximum Gasteiger partial charge on any atom is 0.335 e. The summed E-state index contributed by atoms with van der Waals surface area (Å²) in [5.74, 6) is -1.65. The molecule has 8 N–H and O–H groups in total. The molecule has 0 aromatic carbocycles. The minimum Gasteiger partial charge on any atom is -0.479 e. The highest BCUT2D eigenvalue weighted by Crippen LogP contribution is 2.75. The van der Waals surface area contributed by atoms with Crippen LogP contribution in [0.5, 0.6) is 0 Å². The summed E-state index contributed by atoms with van der Waals surface area (Å²) in [6.45, 7) is 15.2. The number of hydrogen-bond acceptors (Lipinski definition) is 13. The Labute approximate surface area is 322 Å². The second kappa shape index (κ2) is 14.1. The summed E-state index contributed by atoms with van der Waals surface area (Å²) in [6, 6.07) is 0. The topological polar surface area (TPSA) is 233 Å². The average Bonchev–Trinajstić information content (AvgIpc) is 3.13. The molecule has 6 fully saturated rings. The zero-order valence-corrected chi connectivity index (χ0v) is 32.7. The minimum absolute atomic E-state index is 0.112. The van der Waals surface area contributed by atoms with E-state index in [0.717, 1.165) is 37.7 Å². The molecule has 2 aliphatic heterocycles. The smallest absolute Gasteiger partial charge is 0.335 e. The molecular weight excluding hydrogens is 716 g/mol. The third-order valence-electron chi connectivity index (χ3n) is 16.6. The molecule has 0 bridgehead atoms. The van der Waals surface area contributed by atoms with E-state index in [1.165, 1.54) is 5.57 Å². The van der Waals surface area contributed by atoms with Crippen LogP contribution >= 0.6 is 0 Å². The van der Waals surface area contributed by atoms with Crippen molar-refractivity contribution < 1.29 is 69.4 Å². The standard InChI is InChI=1S/C41H62O14/c1-19-9-14-41(36(51)55-34-30(47)27(44)26(43)22(18-42)52-34)16-15-39(5)20(21(41)17-19)7-8-24-38(4)12-11-25(37(2,3)23(38)10-13-40(24,39)6)53-35-31(48)28(45)29(46)32(54-35)33(49)50/h7,21-32,34-35,42-48H,1,8-18H2,2-6H3,(H,49,50)/t21-,22-,23?,24+,25-,26-,27+,28-,29-,30-,31+,32-,34+,35-,38-,39+,40+,41-/m0/s1. The number of aliphatic hydroxyl groups excluding tert-OH is 7. The van der Waals surface area contributed by atoms with Crippen molar-refractivity contribution in [2.24, 2.45) is 44.8 Å². The fourth-order valence-electron chi connectivity index (χ4n) is 13.1. The third kappa shape index (κ3) is 6.02. The Hall–Kier alpha value is -1.98. The molecular formula is C41H62O14. The number of allylic oxidation sites excluding steroid dienone is 3. The molecule has 14 heteroatoms. The first kappa shape index (κ1) is 41.2. The fraction of sp³-hybridized carbons (Fsp3) is 0.854. The molecule has 14 nitrogen and oxygen atoms in total. The van der Waals surface area contributed by atoms with E-state index in [0.29, 0.717) is 32.1 Å². The van der Waals surface area contributed by atoms with Crippen LogP contribution in [-0.2, 0) is 28.5 Å². The summed E-state index contributed by atoms with van der Waals surface area (Å²) < 4.78 is 23.4. The second-order valence-corrected chi connectivity index (χ2v) is 19.3. The van der Waals surface area contributed by atoms with Crippen LogP contribution in [0.4, 0.5) is 0 Å². The van der Waals surface area contributed by atoms with Crippen LogP contribution in [-0.4, -0.2) is 127 Å². The third-order valence-corrected chi connectivity index (χ3v) is 16.6. The Morgan fingerprint density at radius 3 is 2.16 bits per heavy atom. The highest BCUT2D eigenvalue weighted by atomic mass is 16.7. The molecule has 7 aliphatic rings. The number of carbonyl (C=O) groups is 2. The zero-order valence-electron chi connectivity index (χ0n) is 32.7. The summed E-state index contributed by atoms with van der Waals surface area (Å²) in [5, 5.41) is 82.2. The zero-order chi connectivity index (χ0) is 40.2. The van der Waals surface area contributed by atoms with Gasteiger partial charge in [-0.3, -0.25) is 4.79 Å². The summed E-state index contributed by atoms with van der Waals surface area (Å²) in [7, 11) is 0. The average molecular weight is 779 g/mol. The van der Waals surface area contributed by atoms with Gasteiger partial charge in [-0.15, -0.1) is 0 Å². The number of aliphatic hydroxyl groups is 7. The van der Waals surface area contributed by atoms with Crippen molar-refractivity contribution >= 4 is 11.9 Å². The molecule has 0 aromatic rings. The van der Waals surface area contributed by atoms with Gasteiger partial charge in [0.05, 0.1) is 18.1 Å². The number of carboxylic acid groups (broad SMARTS) is 1. The van der Waals surface area contributed by atoms with E-state index in [9.17, 15) is 50.4 Å². The molecule has 1 unspecified atom stereocenters. The second-order valence-electron chi connectivity index (χ2n) is 19.3. The summed E-state index contributed by atoms with van der Waals surface area (Å²) in [6.07, 6.45) is -6.78. The van der Waals surface area contributed by atoms with Gasteiger partial charge in [-0.25, -0.2) is 4.79 Å². The monoisotopic (exact) mass is 778 g/mol. The van der Waals surface area contributed by atoms with Crippen molar-refractivity contribution in [3.63, 3.8) is 0 Å². The lowest BCUT2D eigenvalue weighted by Gasteiger charge is -2.71. The SMILES string of the molecule is C=C1CC[C@]2(C(=O)O[C@H]3O[C@@H](CO)[C@H](O)[C@@H](O)[C@@H]3O)CC[C@]3(C)C(=CC[C@@H]4[C@@]5(C)CC[C@H](O[C@H]6O[C@H](C(=O)O)[C@@H](O)[C@H](O)[C@H]6O)C(C)(C)C5CC[C@]43C)[C@@H]2C1. The largest absolute Gasteiger partial charge is 0.479 e. The molecule has 2 heterocycles. The first-order chi connectivity index (χ1) is 25.7. The predicted molar refractivity (Wildman–Crippen MR) is 193 cm³/mol. The number of carbonyl (C=O) groups excluding carboxylic acids is 1. The van der Waals surface area contributed by atoms with Gasteiger partial charge in [-0.2, -0.15) is 0 Å². The van der Waals surface area contributed by atoms with Gasteiger partial charge in [0.2, 0.25) is 6.29 Å². The quantitative estimate of drug-likeness (QED) is 0.109. The van der Waals surface area contributed by atoms with E-state index in [2.05, 4.69) is 47.3 Å². The molecule has 0 amide bonds.